The van der Waals surface area contributed by atoms with Crippen molar-refractivity contribution in [1.29, 1.82) is 0 Å². The Hall–Kier alpha value is -3.57. The van der Waals surface area contributed by atoms with Gasteiger partial charge in [0.1, 0.15) is 25.8 Å². The number of anilines is 1. The molecule has 9 nitrogen and oxygen atoms in total. The molecule has 222 valence electrons. The molecule has 1 aliphatic heterocycles. The van der Waals surface area contributed by atoms with Crippen molar-refractivity contribution in [3.63, 3.8) is 0 Å². The van der Waals surface area contributed by atoms with Gasteiger partial charge in [0, 0.05) is 23.1 Å². The Morgan fingerprint density at radius 3 is 2.31 bits per heavy atom. The second kappa shape index (κ2) is 13.2. The summed E-state index contributed by atoms with van der Waals surface area (Å²) in [6.45, 7) is 2.01. The first-order chi connectivity index (χ1) is 20.2. The van der Waals surface area contributed by atoms with Crippen LogP contribution in [-0.4, -0.2) is 57.0 Å². The summed E-state index contributed by atoms with van der Waals surface area (Å²) in [5.41, 5.74) is 1.06. The molecule has 0 radical (unpaired) electrons. The maximum absolute atomic E-state index is 14.1. The first-order valence-electron chi connectivity index (χ1n) is 14.0. The number of nitrogens with zero attached hydrogens (tertiary/aromatic N) is 2. The number of fused-ring (bicyclic) bond motifs is 1. The van der Waals surface area contributed by atoms with E-state index in [1.165, 1.54) is 17.0 Å². The smallest absolute Gasteiger partial charge is 0.264 e. The van der Waals surface area contributed by atoms with E-state index in [-0.39, 0.29) is 29.1 Å². The van der Waals surface area contributed by atoms with Gasteiger partial charge in [-0.15, -0.1) is 0 Å². The van der Waals surface area contributed by atoms with Crippen molar-refractivity contribution in [3.8, 4) is 11.5 Å². The molecule has 0 aromatic heterocycles. The lowest BCUT2D eigenvalue weighted by atomic mass is 10.1. The third kappa shape index (κ3) is 6.90. The van der Waals surface area contributed by atoms with E-state index in [2.05, 4.69) is 21.2 Å². The van der Waals surface area contributed by atoms with Gasteiger partial charge in [-0.3, -0.25) is 13.9 Å². The highest BCUT2D eigenvalue weighted by molar-refractivity contribution is 9.10. The van der Waals surface area contributed by atoms with Gasteiger partial charge in [0.15, 0.2) is 11.5 Å². The summed E-state index contributed by atoms with van der Waals surface area (Å²) in [4.78, 5) is 29.0. The number of hydrogen-bond donors (Lipinski definition) is 1. The predicted molar refractivity (Wildman–Crippen MR) is 163 cm³/mol. The zero-order valence-electron chi connectivity index (χ0n) is 23.4. The Bertz CT molecular complexity index is 1510. The van der Waals surface area contributed by atoms with Crippen molar-refractivity contribution in [2.45, 2.75) is 56.1 Å². The number of sulfonamides is 1. The zero-order valence-corrected chi connectivity index (χ0v) is 25.8. The molecule has 5 rings (SSSR count). The predicted octanol–water partition coefficient (Wildman–Crippen LogP) is 4.89. The van der Waals surface area contributed by atoms with Crippen LogP contribution >= 0.6 is 15.9 Å². The van der Waals surface area contributed by atoms with E-state index in [0.29, 0.717) is 24.7 Å². The van der Waals surface area contributed by atoms with E-state index in [0.717, 1.165) is 40.0 Å². The summed E-state index contributed by atoms with van der Waals surface area (Å²) >= 11 is 3.43. The van der Waals surface area contributed by atoms with Gasteiger partial charge in [-0.05, 0) is 61.7 Å². The number of rotatable bonds is 10. The Kier molecular flexibility index (Phi) is 9.37. The molecule has 1 N–H and O–H groups in total. The van der Waals surface area contributed by atoms with Gasteiger partial charge in [-0.2, -0.15) is 0 Å². The molecule has 3 aromatic carbocycles. The monoisotopic (exact) mass is 655 g/mol. The summed E-state index contributed by atoms with van der Waals surface area (Å²) in [7, 11) is -4.17. The largest absolute Gasteiger partial charge is 0.486 e. The topological polar surface area (TPSA) is 105 Å². The zero-order chi connectivity index (χ0) is 29.7. The van der Waals surface area contributed by atoms with Crippen LogP contribution in [-0.2, 0) is 26.2 Å². The number of nitrogens with one attached hydrogen (secondary N) is 1. The van der Waals surface area contributed by atoms with Gasteiger partial charge in [0.2, 0.25) is 11.8 Å². The molecule has 2 aliphatic rings. The second-order valence-corrected chi connectivity index (χ2v) is 13.2. The Morgan fingerprint density at radius 2 is 1.62 bits per heavy atom. The molecule has 1 fully saturated rings. The van der Waals surface area contributed by atoms with E-state index in [9.17, 15) is 18.0 Å². The van der Waals surface area contributed by atoms with Crippen LogP contribution in [0.1, 0.15) is 38.2 Å². The Morgan fingerprint density at radius 1 is 0.952 bits per heavy atom. The molecule has 0 bridgehead atoms. The number of ether oxygens (including phenoxy) is 2. The summed E-state index contributed by atoms with van der Waals surface area (Å²) in [6, 6.07) is 19.5. The van der Waals surface area contributed by atoms with Gasteiger partial charge in [-0.1, -0.05) is 59.1 Å². The molecule has 2 amide bonds. The summed E-state index contributed by atoms with van der Waals surface area (Å²) in [6.07, 6.45) is 3.93. The highest BCUT2D eigenvalue weighted by Gasteiger charge is 2.34. The van der Waals surface area contributed by atoms with E-state index in [1.54, 1.807) is 43.3 Å². The molecule has 1 heterocycles. The van der Waals surface area contributed by atoms with Crippen LogP contribution in [0.15, 0.2) is 82.2 Å². The molecular weight excluding hydrogens is 622 g/mol. The van der Waals surface area contributed by atoms with Crippen molar-refractivity contribution in [2.75, 3.05) is 24.1 Å². The molecule has 1 aliphatic carbocycles. The fourth-order valence-electron chi connectivity index (χ4n) is 5.20. The average molecular weight is 657 g/mol. The lowest BCUT2D eigenvalue weighted by molar-refractivity contribution is -0.139. The van der Waals surface area contributed by atoms with Gasteiger partial charge < -0.3 is 19.7 Å². The van der Waals surface area contributed by atoms with Gasteiger partial charge in [0.25, 0.3) is 10.0 Å². The number of amides is 2. The maximum Gasteiger partial charge on any atom is 0.264 e. The molecule has 11 heteroatoms. The molecular formula is C31H34BrN3O6S. The number of carbonyl (C=O) groups excluding carboxylic acids is 2. The standard InChI is InChI=1S/C31H34BrN3O6S/c1-22(31(37)33-25-7-5-6-8-25)34(20-23-11-13-24(32)14-12-23)30(36)21-35(42(38,39)27-9-3-2-4-10-27)26-15-16-28-29(19-26)41-18-17-40-28/h2-4,9-16,19,22,25H,5-8,17-18,20-21H2,1H3,(H,33,37). The van der Waals surface area contributed by atoms with E-state index >= 15 is 0 Å². The second-order valence-electron chi connectivity index (χ2n) is 10.5. The fourth-order valence-corrected chi connectivity index (χ4v) is 6.89. The first kappa shape index (κ1) is 29.9. The van der Waals surface area contributed by atoms with Crippen LogP contribution in [0.25, 0.3) is 0 Å². The van der Waals surface area contributed by atoms with Crippen molar-refractivity contribution < 1.29 is 27.5 Å². The fraction of sp³-hybridized carbons (Fsp3) is 0.355. The van der Waals surface area contributed by atoms with Crippen LogP contribution in [0.5, 0.6) is 11.5 Å². The minimum absolute atomic E-state index is 0.0409. The summed E-state index contributed by atoms with van der Waals surface area (Å²) in [5.74, 6) is 0.128. The molecule has 42 heavy (non-hydrogen) atoms. The van der Waals surface area contributed by atoms with Gasteiger partial charge in [-0.25, -0.2) is 8.42 Å². The van der Waals surface area contributed by atoms with E-state index in [4.69, 9.17) is 9.47 Å². The number of halogens is 1. The van der Waals surface area contributed by atoms with Crippen LogP contribution in [0.3, 0.4) is 0 Å². The first-order valence-corrected chi connectivity index (χ1v) is 16.3. The minimum Gasteiger partial charge on any atom is -0.486 e. The third-order valence-corrected chi connectivity index (χ3v) is 9.88. The van der Waals surface area contributed by atoms with Crippen LogP contribution in [0.2, 0.25) is 0 Å². The quantitative estimate of drug-likeness (QED) is 0.333. The highest BCUT2D eigenvalue weighted by atomic mass is 79.9. The molecule has 1 unspecified atom stereocenters. The number of carbonyl (C=O) groups is 2. The molecule has 1 saturated carbocycles. The Labute approximate surface area is 255 Å². The SMILES string of the molecule is CC(C(=O)NC1CCCC1)N(Cc1ccc(Br)cc1)C(=O)CN(c1ccc2c(c1)OCCO2)S(=O)(=O)c1ccccc1. The van der Waals surface area contributed by atoms with Crippen molar-refractivity contribution in [3.05, 3.63) is 82.8 Å². The van der Waals surface area contributed by atoms with Crippen LogP contribution in [0.4, 0.5) is 5.69 Å². The van der Waals surface area contributed by atoms with Gasteiger partial charge >= 0.3 is 0 Å². The maximum atomic E-state index is 14.1. The highest BCUT2D eigenvalue weighted by Crippen LogP contribution is 2.36. The summed E-state index contributed by atoms with van der Waals surface area (Å²) in [5, 5.41) is 3.08. The van der Waals surface area contributed by atoms with Gasteiger partial charge in [0.05, 0.1) is 10.6 Å². The van der Waals surface area contributed by atoms with E-state index in [1.807, 2.05) is 24.3 Å². The lowest BCUT2D eigenvalue weighted by Gasteiger charge is -2.32. The molecule has 1 atom stereocenters. The molecule has 0 spiro atoms. The minimum atomic E-state index is -4.17. The lowest BCUT2D eigenvalue weighted by Crippen LogP contribution is -2.52. The molecule has 3 aromatic rings. The summed E-state index contributed by atoms with van der Waals surface area (Å²) < 4.78 is 41.3. The van der Waals surface area contributed by atoms with Crippen LogP contribution < -0.4 is 19.1 Å². The Balaban J connectivity index is 1.48. The number of hydrogen-bond acceptors (Lipinski definition) is 6. The molecule has 0 saturated heterocycles. The normalized spacial score (nSPS) is 15.6. The van der Waals surface area contributed by atoms with Crippen LogP contribution in [0, 0.1) is 0 Å². The third-order valence-electron chi connectivity index (χ3n) is 7.56. The van der Waals surface area contributed by atoms with E-state index < -0.39 is 28.5 Å². The van der Waals surface area contributed by atoms with Crippen molar-refractivity contribution in [1.82, 2.24) is 10.2 Å². The van der Waals surface area contributed by atoms with Crippen molar-refractivity contribution in [2.24, 2.45) is 0 Å². The number of benzene rings is 3. The average Bonchev–Trinajstić information content (AvgIpc) is 3.52. The van der Waals surface area contributed by atoms with Crippen molar-refractivity contribution >= 4 is 43.5 Å².